The largest absolute Gasteiger partial charge is 0.293 e. The van der Waals surface area contributed by atoms with Crippen LogP contribution in [0.25, 0.3) is 0 Å². The molecule has 0 aliphatic heterocycles. The Morgan fingerprint density at radius 3 is 2.53 bits per heavy atom. The van der Waals surface area contributed by atoms with Gasteiger partial charge in [-0.15, -0.1) is 18.1 Å². The minimum atomic E-state index is 0.493. The van der Waals surface area contributed by atoms with Gasteiger partial charge in [-0.25, -0.2) is 0 Å². The molecule has 0 saturated carbocycles. The highest BCUT2D eigenvalue weighted by Gasteiger charge is 1.89. The van der Waals surface area contributed by atoms with Gasteiger partial charge in [-0.3, -0.25) is 4.99 Å². The maximum absolute atomic E-state index is 5.29. The molecule has 0 aromatic heterocycles. The number of hydrogen-bond donors (Lipinski definition) is 0. The van der Waals surface area contributed by atoms with E-state index >= 15 is 0 Å². The number of aliphatic imine (C=N–C) groups is 1. The fourth-order valence-electron chi connectivity index (χ4n) is 0.837. The molecule has 0 unspecified atom stereocenters. The van der Waals surface area contributed by atoms with Crippen LogP contribution in [0.15, 0.2) is 34.5 Å². The molecule has 0 heterocycles. The molecule has 0 fully saturated rings. The van der Waals surface area contributed by atoms with Gasteiger partial charge in [0.25, 0.3) is 0 Å². The molecule has 15 heavy (non-hydrogen) atoms. The predicted molar refractivity (Wildman–Crippen MR) is 68.1 cm³/mol. The average Bonchev–Trinajstić information content (AvgIpc) is 2.21. The van der Waals surface area contributed by atoms with Gasteiger partial charge in [0.2, 0.25) is 0 Å². The molecule has 0 rings (SSSR count). The molecule has 0 amide bonds. The van der Waals surface area contributed by atoms with E-state index in [1.807, 2.05) is 25.2 Å². The van der Waals surface area contributed by atoms with Crippen LogP contribution in [0.4, 0.5) is 0 Å². The second-order valence-corrected chi connectivity index (χ2v) is 3.66. The summed E-state index contributed by atoms with van der Waals surface area (Å²) in [7, 11) is 1.77. The summed E-state index contributed by atoms with van der Waals surface area (Å²) < 4.78 is 0. The third kappa shape index (κ3) is 7.55. The van der Waals surface area contributed by atoms with E-state index in [4.69, 9.17) is 6.42 Å². The lowest BCUT2D eigenvalue weighted by molar-refractivity contribution is 0.832. The Kier molecular flexibility index (Phi) is 7.06. The van der Waals surface area contributed by atoms with Crippen LogP contribution < -0.4 is 0 Å². The van der Waals surface area contributed by atoms with Gasteiger partial charge in [0.1, 0.15) is 0 Å². The molecule has 0 bridgehead atoms. The van der Waals surface area contributed by atoms with Gasteiger partial charge in [0, 0.05) is 24.8 Å². The van der Waals surface area contributed by atoms with E-state index in [9.17, 15) is 0 Å². The summed E-state index contributed by atoms with van der Waals surface area (Å²) in [5.74, 6) is 3.12. The van der Waals surface area contributed by atoms with Crippen LogP contribution in [0.1, 0.15) is 27.2 Å². The molecule has 0 spiro atoms. The molecular weight excluding hydrogens is 182 g/mol. The minimum Gasteiger partial charge on any atom is -0.293 e. The van der Waals surface area contributed by atoms with Crippen molar-refractivity contribution in [2.45, 2.75) is 27.2 Å². The molecule has 0 aliphatic rings. The van der Waals surface area contributed by atoms with Gasteiger partial charge >= 0.3 is 0 Å². The van der Waals surface area contributed by atoms with Crippen LogP contribution in [0.3, 0.4) is 0 Å². The topological polar surface area (TPSA) is 12.4 Å². The van der Waals surface area contributed by atoms with Gasteiger partial charge in [0.15, 0.2) is 0 Å². The molecule has 0 aromatic rings. The number of hydrogen-bond acceptors (Lipinski definition) is 1. The zero-order valence-electron chi connectivity index (χ0n) is 10.0. The quantitative estimate of drug-likeness (QED) is 0.286. The second kappa shape index (κ2) is 7.85. The molecule has 0 saturated heterocycles. The van der Waals surface area contributed by atoms with Gasteiger partial charge in [0.05, 0.1) is 0 Å². The van der Waals surface area contributed by atoms with Crippen molar-refractivity contribution < 1.29 is 0 Å². The molecule has 1 heteroatoms. The summed E-state index contributed by atoms with van der Waals surface area (Å²) in [6.07, 6.45) is 11.8. The van der Waals surface area contributed by atoms with Crippen molar-refractivity contribution in [3.05, 3.63) is 29.5 Å². The Balaban J connectivity index is 4.78. The van der Waals surface area contributed by atoms with Crippen LogP contribution in [0.2, 0.25) is 0 Å². The van der Waals surface area contributed by atoms with Crippen molar-refractivity contribution in [1.82, 2.24) is 0 Å². The Morgan fingerprint density at radius 1 is 1.40 bits per heavy atom. The molecular formula is C14H19N. The van der Waals surface area contributed by atoms with Crippen LogP contribution >= 0.6 is 0 Å². The fraction of sp³-hybridized carbons (Fsp3) is 0.429. The predicted octanol–water partition coefficient (Wildman–Crippen LogP) is 3.39. The summed E-state index contributed by atoms with van der Waals surface area (Å²) in [6.45, 7) is 6.18. The maximum atomic E-state index is 5.29. The van der Waals surface area contributed by atoms with Gasteiger partial charge < -0.3 is 0 Å². The van der Waals surface area contributed by atoms with Crippen LogP contribution in [0.5, 0.6) is 0 Å². The van der Waals surface area contributed by atoms with Crippen molar-refractivity contribution >= 4 is 5.71 Å². The molecule has 0 aromatic carbocycles. The third-order valence-electron chi connectivity index (χ3n) is 1.77. The number of allylic oxidation sites excluding steroid dienone is 3. The lowest BCUT2D eigenvalue weighted by Crippen LogP contribution is -1.84. The van der Waals surface area contributed by atoms with E-state index in [2.05, 4.69) is 30.5 Å². The Morgan fingerprint density at radius 2 is 2.07 bits per heavy atom. The van der Waals surface area contributed by atoms with Crippen molar-refractivity contribution in [2.24, 2.45) is 10.9 Å². The lowest BCUT2D eigenvalue weighted by atomic mass is 10.1. The first-order chi connectivity index (χ1) is 7.10. The van der Waals surface area contributed by atoms with Gasteiger partial charge in [-0.2, -0.15) is 0 Å². The summed E-state index contributed by atoms with van der Waals surface area (Å²) >= 11 is 0. The molecule has 0 N–H and O–H groups in total. The summed E-state index contributed by atoms with van der Waals surface area (Å²) in [4.78, 5) is 4.04. The van der Waals surface area contributed by atoms with E-state index in [1.165, 1.54) is 0 Å². The fourth-order valence-corrected chi connectivity index (χ4v) is 0.837. The van der Waals surface area contributed by atoms with E-state index in [0.29, 0.717) is 12.3 Å². The number of nitrogens with zero attached hydrogens (tertiary/aromatic N) is 1. The van der Waals surface area contributed by atoms with E-state index in [0.717, 1.165) is 11.3 Å². The van der Waals surface area contributed by atoms with Crippen molar-refractivity contribution in [2.75, 3.05) is 7.05 Å². The Hall–Kier alpha value is -1.51. The van der Waals surface area contributed by atoms with Crippen LogP contribution in [-0.2, 0) is 0 Å². The van der Waals surface area contributed by atoms with E-state index in [-0.39, 0.29) is 0 Å². The number of terminal acetylenes is 1. The van der Waals surface area contributed by atoms with Crippen molar-refractivity contribution in [1.29, 1.82) is 0 Å². The van der Waals surface area contributed by atoms with Crippen LogP contribution in [-0.4, -0.2) is 12.8 Å². The standard InChI is InChI=1S/C14H19N/c1-6-7-14(10-8-12(2)3)11-9-13(4)15-5/h1,8-9,11-12H,7H2,2-5H3/b11-9+,15-13+. The highest BCUT2D eigenvalue weighted by atomic mass is 14.7. The highest BCUT2D eigenvalue weighted by molar-refractivity contribution is 5.93. The van der Waals surface area contributed by atoms with Crippen molar-refractivity contribution in [3.63, 3.8) is 0 Å². The van der Waals surface area contributed by atoms with Gasteiger partial charge in [-0.1, -0.05) is 13.8 Å². The summed E-state index contributed by atoms with van der Waals surface area (Å²) in [5, 5.41) is 0. The molecule has 0 atom stereocenters. The molecule has 0 aliphatic carbocycles. The van der Waals surface area contributed by atoms with E-state index < -0.39 is 0 Å². The first-order valence-electron chi connectivity index (χ1n) is 5.10. The second-order valence-electron chi connectivity index (χ2n) is 3.66. The zero-order valence-corrected chi connectivity index (χ0v) is 10.0. The summed E-state index contributed by atoms with van der Waals surface area (Å²) in [6, 6.07) is 0. The third-order valence-corrected chi connectivity index (χ3v) is 1.77. The lowest BCUT2D eigenvalue weighted by Gasteiger charge is -1.93. The first-order valence-corrected chi connectivity index (χ1v) is 5.10. The Bertz CT molecular complexity index is 342. The summed E-state index contributed by atoms with van der Waals surface area (Å²) in [5.41, 5.74) is 5.21. The maximum Gasteiger partial charge on any atom is 0.0411 e. The molecule has 1 nitrogen and oxygen atoms in total. The highest BCUT2D eigenvalue weighted by Crippen LogP contribution is 2.02. The first kappa shape index (κ1) is 13.5. The minimum absolute atomic E-state index is 0.493. The van der Waals surface area contributed by atoms with E-state index in [1.54, 1.807) is 7.05 Å². The number of rotatable bonds is 4. The molecule has 80 valence electrons. The van der Waals surface area contributed by atoms with Crippen LogP contribution in [0, 0.1) is 18.3 Å². The average molecular weight is 201 g/mol. The monoisotopic (exact) mass is 201 g/mol. The zero-order chi connectivity index (χ0) is 11.7. The Labute approximate surface area is 93.3 Å². The molecule has 0 radical (unpaired) electrons. The normalized spacial score (nSPS) is 11.3. The van der Waals surface area contributed by atoms with Gasteiger partial charge in [-0.05, 0) is 31.1 Å². The SMILES string of the molecule is C#CCC(=C=CC(C)C)/C=C/C(C)=N/C. The van der Waals surface area contributed by atoms with Crippen molar-refractivity contribution in [3.8, 4) is 12.3 Å². The smallest absolute Gasteiger partial charge is 0.0411 e.